The molecule has 0 aliphatic carbocycles. The first kappa shape index (κ1) is 22.0. The number of pyridine rings is 2. The summed E-state index contributed by atoms with van der Waals surface area (Å²) in [5.41, 5.74) is 2.44. The van der Waals surface area contributed by atoms with Crippen LogP contribution in [0.2, 0.25) is 0 Å². The van der Waals surface area contributed by atoms with Gasteiger partial charge < -0.3 is 15.2 Å². The second kappa shape index (κ2) is 10.9. The number of hydrogen-bond donors (Lipinski definition) is 2. The Morgan fingerprint density at radius 1 is 1.30 bits per heavy atom. The van der Waals surface area contributed by atoms with Crippen molar-refractivity contribution in [3.8, 4) is 5.88 Å². The van der Waals surface area contributed by atoms with E-state index in [0.29, 0.717) is 17.3 Å². The van der Waals surface area contributed by atoms with Crippen molar-refractivity contribution < 1.29 is 19.0 Å². The Balaban J connectivity index is 1.43. The Hall–Kier alpha value is -2.70. The Labute approximate surface area is 176 Å². The molecular formula is C23H30FN3O3. The lowest BCUT2D eigenvalue weighted by Crippen LogP contribution is -2.15. The first-order chi connectivity index (χ1) is 14.6. The van der Waals surface area contributed by atoms with Crippen molar-refractivity contribution >= 4 is 11.8 Å². The molecule has 2 aromatic rings. The molecule has 0 amide bonds. The Morgan fingerprint density at radius 2 is 2.13 bits per heavy atom. The summed E-state index contributed by atoms with van der Waals surface area (Å²) in [7, 11) is 1.56. The molecule has 0 radical (unpaired) electrons. The van der Waals surface area contributed by atoms with Crippen LogP contribution in [0.4, 0.5) is 10.2 Å². The molecule has 6 nitrogen and oxygen atoms in total. The van der Waals surface area contributed by atoms with E-state index in [1.54, 1.807) is 25.4 Å². The van der Waals surface area contributed by atoms with Crippen LogP contribution in [-0.2, 0) is 17.6 Å². The van der Waals surface area contributed by atoms with Gasteiger partial charge in [-0.05, 0) is 49.7 Å². The standard InChI is InChI=1S/C23H30FN3O3/c1-30-21-11-10-17(15-26-21)16(13-22(28)29)7-4-2-3-5-8-18-14-20(24)19-9-6-12-25-23(19)27-18/h10-11,14-16H,2-9,12-13H2,1H3,(H,25,27)(H,28,29). The average Bonchev–Trinajstić information content (AvgIpc) is 2.75. The van der Waals surface area contributed by atoms with Crippen LogP contribution in [0, 0.1) is 5.82 Å². The molecule has 0 fully saturated rings. The molecule has 0 aromatic carbocycles. The fourth-order valence-electron chi connectivity index (χ4n) is 3.98. The number of hydrogen-bond acceptors (Lipinski definition) is 5. The van der Waals surface area contributed by atoms with Crippen molar-refractivity contribution in [2.24, 2.45) is 0 Å². The SMILES string of the molecule is COc1ccc(C(CCCCCCc2cc(F)c3c(n2)NCCC3)CC(=O)O)cn1. The molecule has 1 aliphatic rings. The number of nitrogens with one attached hydrogen (secondary N) is 1. The summed E-state index contributed by atoms with van der Waals surface area (Å²) in [5, 5.41) is 12.4. The van der Waals surface area contributed by atoms with E-state index in [0.717, 1.165) is 69.2 Å². The number of aromatic nitrogens is 2. The quantitative estimate of drug-likeness (QED) is 0.516. The van der Waals surface area contributed by atoms with Crippen LogP contribution in [0.1, 0.15) is 67.7 Å². The summed E-state index contributed by atoms with van der Waals surface area (Å²) in [6.45, 7) is 0.851. The molecule has 2 aromatic heterocycles. The van der Waals surface area contributed by atoms with Crippen molar-refractivity contribution in [3.63, 3.8) is 0 Å². The molecule has 30 heavy (non-hydrogen) atoms. The van der Waals surface area contributed by atoms with Gasteiger partial charge in [-0.15, -0.1) is 0 Å². The van der Waals surface area contributed by atoms with Crippen LogP contribution in [0.5, 0.6) is 5.88 Å². The molecule has 0 saturated carbocycles. The highest BCUT2D eigenvalue weighted by molar-refractivity contribution is 5.68. The molecule has 2 N–H and O–H groups in total. The highest BCUT2D eigenvalue weighted by Crippen LogP contribution is 2.27. The van der Waals surface area contributed by atoms with E-state index in [-0.39, 0.29) is 18.2 Å². The normalized spacial score (nSPS) is 13.9. The zero-order chi connectivity index (χ0) is 21.3. The first-order valence-electron chi connectivity index (χ1n) is 10.7. The maximum absolute atomic E-state index is 14.2. The number of rotatable bonds is 11. The van der Waals surface area contributed by atoms with Gasteiger partial charge in [0.25, 0.3) is 0 Å². The van der Waals surface area contributed by atoms with Gasteiger partial charge in [-0.1, -0.05) is 25.3 Å². The van der Waals surface area contributed by atoms with Crippen LogP contribution >= 0.6 is 0 Å². The van der Waals surface area contributed by atoms with Crippen molar-refractivity contribution in [1.82, 2.24) is 9.97 Å². The summed E-state index contributed by atoms with van der Waals surface area (Å²) in [5.74, 6) is 0.233. The number of carboxylic acid groups (broad SMARTS) is 1. The molecule has 7 heteroatoms. The Kier molecular flexibility index (Phi) is 7.99. The lowest BCUT2D eigenvalue weighted by molar-refractivity contribution is -0.137. The van der Waals surface area contributed by atoms with Gasteiger partial charge in [0.05, 0.1) is 13.5 Å². The van der Waals surface area contributed by atoms with Gasteiger partial charge in [-0.3, -0.25) is 4.79 Å². The fraction of sp³-hybridized carbons (Fsp3) is 0.522. The number of anilines is 1. The van der Waals surface area contributed by atoms with E-state index in [1.165, 1.54) is 0 Å². The zero-order valence-corrected chi connectivity index (χ0v) is 17.5. The van der Waals surface area contributed by atoms with E-state index in [9.17, 15) is 14.3 Å². The van der Waals surface area contributed by atoms with Gasteiger partial charge in [-0.2, -0.15) is 0 Å². The number of carboxylic acids is 1. The van der Waals surface area contributed by atoms with Gasteiger partial charge in [0.15, 0.2) is 0 Å². The van der Waals surface area contributed by atoms with Gasteiger partial charge in [0.2, 0.25) is 5.88 Å². The van der Waals surface area contributed by atoms with E-state index in [1.807, 2.05) is 6.07 Å². The van der Waals surface area contributed by atoms with Crippen molar-refractivity contribution in [2.75, 3.05) is 19.0 Å². The number of carbonyl (C=O) groups is 1. The number of unbranched alkanes of at least 4 members (excludes halogenated alkanes) is 3. The summed E-state index contributed by atoms with van der Waals surface area (Å²) in [6.07, 6.45) is 8.96. The zero-order valence-electron chi connectivity index (χ0n) is 17.5. The van der Waals surface area contributed by atoms with Gasteiger partial charge in [0, 0.05) is 30.1 Å². The maximum Gasteiger partial charge on any atom is 0.303 e. The number of aliphatic carboxylic acids is 1. The number of methoxy groups -OCH3 is 1. The highest BCUT2D eigenvalue weighted by Gasteiger charge is 2.17. The molecule has 3 rings (SSSR count). The van der Waals surface area contributed by atoms with Crippen molar-refractivity contribution in [3.05, 3.63) is 47.0 Å². The van der Waals surface area contributed by atoms with Crippen LogP contribution in [-0.4, -0.2) is 34.7 Å². The average molecular weight is 416 g/mol. The minimum atomic E-state index is -0.801. The Morgan fingerprint density at radius 3 is 2.87 bits per heavy atom. The summed E-state index contributed by atoms with van der Waals surface area (Å²) < 4.78 is 19.3. The molecule has 0 bridgehead atoms. The monoisotopic (exact) mass is 415 g/mol. The summed E-state index contributed by atoms with van der Waals surface area (Å²) in [6, 6.07) is 5.24. The fourth-order valence-corrected chi connectivity index (χ4v) is 3.98. The third-order valence-electron chi connectivity index (χ3n) is 5.62. The predicted octanol–water partition coefficient (Wildman–Crippen LogP) is 4.73. The van der Waals surface area contributed by atoms with E-state index >= 15 is 0 Å². The molecular weight excluding hydrogens is 385 g/mol. The molecule has 1 atom stereocenters. The second-order valence-corrected chi connectivity index (χ2v) is 7.83. The van der Waals surface area contributed by atoms with Crippen LogP contribution in [0.25, 0.3) is 0 Å². The molecule has 1 aliphatic heterocycles. The molecule has 0 saturated heterocycles. The molecule has 1 unspecified atom stereocenters. The van der Waals surface area contributed by atoms with Gasteiger partial charge >= 0.3 is 5.97 Å². The largest absolute Gasteiger partial charge is 0.481 e. The van der Waals surface area contributed by atoms with Gasteiger partial charge in [-0.25, -0.2) is 14.4 Å². The minimum absolute atomic E-state index is 0.0524. The number of nitrogens with zero attached hydrogens (tertiary/aromatic N) is 2. The third-order valence-corrected chi connectivity index (χ3v) is 5.62. The summed E-state index contributed by atoms with van der Waals surface area (Å²) in [4.78, 5) is 20.0. The number of halogens is 1. The van der Waals surface area contributed by atoms with E-state index in [2.05, 4.69) is 15.3 Å². The lowest BCUT2D eigenvalue weighted by atomic mass is 9.91. The van der Waals surface area contributed by atoms with Crippen molar-refractivity contribution in [2.45, 2.75) is 63.7 Å². The molecule has 162 valence electrons. The molecule has 0 spiro atoms. The first-order valence-corrected chi connectivity index (χ1v) is 10.7. The molecule has 3 heterocycles. The lowest BCUT2D eigenvalue weighted by Gasteiger charge is -2.18. The predicted molar refractivity (Wildman–Crippen MR) is 114 cm³/mol. The minimum Gasteiger partial charge on any atom is -0.481 e. The highest BCUT2D eigenvalue weighted by atomic mass is 19.1. The van der Waals surface area contributed by atoms with Gasteiger partial charge in [0.1, 0.15) is 11.6 Å². The third kappa shape index (κ3) is 6.15. The number of fused-ring (bicyclic) bond motifs is 1. The smallest absolute Gasteiger partial charge is 0.303 e. The van der Waals surface area contributed by atoms with Crippen molar-refractivity contribution in [1.29, 1.82) is 0 Å². The van der Waals surface area contributed by atoms with Crippen LogP contribution in [0.15, 0.2) is 24.4 Å². The number of ether oxygens (including phenoxy) is 1. The van der Waals surface area contributed by atoms with Crippen LogP contribution in [0.3, 0.4) is 0 Å². The van der Waals surface area contributed by atoms with E-state index < -0.39 is 5.97 Å². The second-order valence-electron chi connectivity index (χ2n) is 7.83. The summed E-state index contributed by atoms with van der Waals surface area (Å²) >= 11 is 0. The van der Waals surface area contributed by atoms with Crippen LogP contribution < -0.4 is 10.1 Å². The topological polar surface area (TPSA) is 84.3 Å². The number of aryl methyl sites for hydroxylation is 1. The Bertz CT molecular complexity index is 842. The van der Waals surface area contributed by atoms with E-state index in [4.69, 9.17) is 4.74 Å². The maximum atomic E-state index is 14.2.